The summed E-state index contributed by atoms with van der Waals surface area (Å²) in [5, 5.41) is 4.11. The van der Waals surface area contributed by atoms with E-state index >= 15 is 8.78 Å². The van der Waals surface area contributed by atoms with E-state index in [9.17, 15) is 8.42 Å². The second-order valence-electron chi connectivity index (χ2n) is 10.8. The molecule has 13 heteroatoms. The predicted molar refractivity (Wildman–Crippen MR) is 164 cm³/mol. The van der Waals surface area contributed by atoms with Crippen LogP contribution in [0.15, 0.2) is 47.6 Å². The number of fused-ring (bicyclic) bond motifs is 1. The number of hydrogen-bond acceptors (Lipinski definition) is 8. The number of nitrogens with zero attached hydrogens (tertiary/aromatic N) is 4. The molecule has 9 nitrogen and oxygen atoms in total. The quantitative estimate of drug-likeness (QED) is 0.222. The highest BCUT2D eigenvalue weighted by Crippen LogP contribution is 2.36. The van der Waals surface area contributed by atoms with Crippen molar-refractivity contribution < 1.29 is 21.9 Å². The molecule has 1 aliphatic carbocycles. The maximum atomic E-state index is 15.9. The predicted octanol–water partition coefficient (Wildman–Crippen LogP) is 6.28. The van der Waals surface area contributed by atoms with Gasteiger partial charge in [-0.05, 0) is 87.7 Å². The minimum absolute atomic E-state index is 0.0435. The second-order valence-corrected chi connectivity index (χ2v) is 12.9. The van der Waals surface area contributed by atoms with Crippen molar-refractivity contribution in [2.45, 2.75) is 56.0 Å². The normalized spacial score (nSPS) is 17.3. The summed E-state index contributed by atoms with van der Waals surface area (Å²) in [6, 6.07) is 7.28. The molecule has 0 bridgehead atoms. The van der Waals surface area contributed by atoms with Gasteiger partial charge in [0, 0.05) is 29.9 Å². The number of pyridine rings is 1. The molecule has 0 amide bonds. The average Bonchev–Trinajstić information content (AvgIpc) is 2.98. The number of aromatic nitrogens is 3. The van der Waals surface area contributed by atoms with Gasteiger partial charge in [0.15, 0.2) is 10.7 Å². The summed E-state index contributed by atoms with van der Waals surface area (Å²) in [5.74, 6) is -1.64. The number of aryl methyl sites for hydroxylation is 1. The van der Waals surface area contributed by atoms with Crippen LogP contribution in [0.4, 0.5) is 20.4 Å². The first kappa shape index (κ1) is 30.8. The van der Waals surface area contributed by atoms with Gasteiger partial charge in [-0.15, -0.1) is 0 Å². The number of rotatable bonds is 9. The Labute approximate surface area is 254 Å². The van der Waals surface area contributed by atoms with Crippen LogP contribution >= 0.6 is 11.6 Å². The largest absolute Gasteiger partial charge is 0.480 e. The average molecular weight is 631 g/mol. The summed E-state index contributed by atoms with van der Waals surface area (Å²) in [5.41, 5.74) is 0.857. The molecule has 0 unspecified atom stereocenters. The highest BCUT2D eigenvalue weighted by atomic mass is 35.5. The second kappa shape index (κ2) is 12.6. The SMILES string of the molecule is CCc1cc(-c2c(F)ccc(NS(=O)(=O)c3cc(Cl)cnc3OC)c2F)cc2cnc(NC3CCC(N(C)C)CC3)nc12. The lowest BCUT2D eigenvalue weighted by Crippen LogP contribution is -2.36. The van der Waals surface area contributed by atoms with Crippen molar-refractivity contribution in [1.82, 2.24) is 19.9 Å². The minimum atomic E-state index is -4.40. The number of sulfonamides is 1. The van der Waals surface area contributed by atoms with Crippen molar-refractivity contribution in [1.29, 1.82) is 0 Å². The Morgan fingerprint density at radius 3 is 2.49 bits per heavy atom. The molecule has 1 aliphatic rings. The summed E-state index contributed by atoms with van der Waals surface area (Å²) < 4.78 is 64.5. The first-order valence-corrected chi connectivity index (χ1v) is 15.8. The Bertz CT molecular complexity index is 1770. The molecule has 1 saturated carbocycles. The fraction of sp³-hybridized carbons (Fsp3) is 0.367. The third kappa shape index (κ3) is 6.51. The van der Waals surface area contributed by atoms with Crippen molar-refractivity contribution in [3.05, 3.63) is 64.9 Å². The third-order valence-electron chi connectivity index (χ3n) is 7.79. The smallest absolute Gasteiger partial charge is 0.267 e. The van der Waals surface area contributed by atoms with E-state index in [2.05, 4.69) is 39.0 Å². The Kier molecular flexibility index (Phi) is 9.00. The van der Waals surface area contributed by atoms with Crippen LogP contribution in [0.5, 0.6) is 5.88 Å². The lowest BCUT2D eigenvalue weighted by Gasteiger charge is -2.33. The van der Waals surface area contributed by atoms with Crippen LogP contribution in [0, 0.1) is 11.6 Å². The Morgan fingerprint density at radius 1 is 1.07 bits per heavy atom. The first-order valence-electron chi connectivity index (χ1n) is 13.9. The summed E-state index contributed by atoms with van der Waals surface area (Å²) in [7, 11) is 1.06. The number of anilines is 2. The molecule has 2 N–H and O–H groups in total. The van der Waals surface area contributed by atoms with Gasteiger partial charge in [0.1, 0.15) is 5.82 Å². The number of hydrogen-bond donors (Lipinski definition) is 2. The fourth-order valence-corrected chi connectivity index (χ4v) is 6.90. The van der Waals surface area contributed by atoms with Crippen LogP contribution in [0.2, 0.25) is 5.02 Å². The van der Waals surface area contributed by atoms with Crippen LogP contribution in [0.3, 0.4) is 0 Å². The van der Waals surface area contributed by atoms with E-state index < -0.39 is 27.3 Å². The third-order valence-corrected chi connectivity index (χ3v) is 9.36. The van der Waals surface area contributed by atoms with E-state index in [0.717, 1.165) is 49.4 Å². The first-order chi connectivity index (χ1) is 20.5. The van der Waals surface area contributed by atoms with E-state index in [0.29, 0.717) is 29.3 Å². The maximum absolute atomic E-state index is 15.9. The molecule has 2 aromatic carbocycles. The molecule has 0 aliphatic heterocycles. The lowest BCUT2D eigenvalue weighted by atomic mass is 9.90. The molecule has 1 fully saturated rings. The topological polar surface area (TPSA) is 109 Å². The summed E-state index contributed by atoms with van der Waals surface area (Å²) in [6.07, 6.45) is 7.63. The molecular weight excluding hydrogens is 598 g/mol. The maximum Gasteiger partial charge on any atom is 0.267 e. The van der Waals surface area contributed by atoms with Crippen LogP contribution in [0.25, 0.3) is 22.0 Å². The molecule has 2 heterocycles. The molecule has 5 rings (SSSR count). The molecule has 228 valence electrons. The molecular formula is C30H33ClF2N6O3S. The summed E-state index contributed by atoms with van der Waals surface area (Å²) in [6.45, 7) is 1.93. The van der Waals surface area contributed by atoms with Crippen molar-refractivity contribution in [2.75, 3.05) is 31.2 Å². The zero-order valence-electron chi connectivity index (χ0n) is 24.3. The van der Waals surface area contributed by atoms with Gasteiger partial charge in [0.25, 0.3) is 10.0 Å². The van der Waals surface area contributed by atoms with Crippen molar-refractivity contribution >= 4 is 44.2 Å². The van der Waals surface area contributed by atoms with Crippen LogP contribution < -0.4 is 14.8 Å². The number of benzene rings is 2. The van der Waals surface area contributed by atoms with Gasteiger partial charge in [-0.2, -0.15) is 0 Å². The van der Waals surface area contributed by atoms with Gasteiger partial charge < -0.3 is 15.0 Å². The number of methoxy groups -OCH3 is 1. The Hall–Kier alpha value is -3.61. The zero-order chi connectivity index (χ0) is 30.9. The summed E-state index contributed by atoms with van der Waals surface area (Å²) in [4.78, 5) is 15.0. The van der Waals surface area contributed by atoms with Crippen LogP contribution in [0.1, 0.15) is 38.2 Å². The van der Waals surface area contributed by atoms with E-state index in [4.69, 9.17) is 21.3 Å². The Balaban J connectivity index is 1.46. The minimum Gasteiger partial charge on any atom is -0.480 e. The van der Waals surface area contributed by atoms with E-state index in [-0.39, 0.29) is 33.0 Å². The highest BCUT2D eigenvalue weighted by molar-refractivity contribution is 7.92. The molecule has 0 spiro atoms. The van der Waals surface area contributed by atoms with E-state index in [1.165, 1.54) is 13.3 Å². The van der Waals surface area contributed by atoms with E-state index in [1.54, 1.807) is 18.3 Å². The fourth-order valence-electron chi connectivity index (χ4n) is 5.47. The van der Waals surface area contributed by atoms with Gasteiger partial charge in [-0.1, -0.05) is 18.5 Å². The lowest BCUT2D eigenvalue weighted by molar-refractivity contribution is 0.221. The Morgan fingerprint density at radius 2 is 1.81 bits per heavy atom. The van der Waals surface area contributed by atoms with Crippen molar-refractivity contribution in [3.63, 3.8) is 0 Å². The zero-order valence-corrected chi connectivity index (χ0v) is 25.9. The molecule has 0 saturated heterocycles. The van der Waals surface area contributed by atoms with Crippen LogP contribution in [-0.4, -0.2) is 61.6 Å². The molecule has 0 atom stereocenters. The van der Waals surface area contributed by atoms with Gasteiger partial charge in [0.05, 0.1) is 28.9 Å². The highest BCUT2D eigenvalue weighted by Gasteiger charge is 2.26. The van der Waals surface area contributed by atoms with Crippen molar-refractivity contribution in [2.24, 2.45) is 0 Å². The number of nitrogens with one attached hydrogen (secondary N) is 2. The number of ether oxygens (including phenoxy) is 1. The van der Waals surface area contributed by atoms with Gasteiger partial charge >= 0.3 is 0 Å². The molecule has 2 aromatic heterocycles. The van der Waals surface area contributed by atoms with Gasteiger partial charge in [-0.3, -0.25) is 4.72 Å². The molecule has 43 heavy (non-hydrogen) atoms. The van der Waals surface area contributed by atoms with Crippen molar-refractivity contribution in [3.8, 4) is 17.0 Å². The molecule has 4 aromatic rings. The standard InChI is InChI=1S/C30H33ClF2N6O3S/c1-5-17-12-18(13-19-15-35-30(37-28(17)19)36-21-6-8-22(9-7-21)39(2)3)26-23(32)10-11-24(27(26)33)38-43(40,41)25-14-20(31)16-34-29(25)42-4/h10-16,21-22,38H,5-9H2,1-4H3,(H,35,36,37). The summed E-state index contributed by atoms with van der Waals surface area (Å²) >= 11 is 5.94. The molecule has 0 radical (unpaired) electrons. The van der Waals surface area contributed by atoms with Gasteiger partial charge in [0.2, 0.25) is 11.8 Å². The van der Waals surface area contributed by atoms with Gasteiger partial charge in [-0.25, -0.2) is 32.2 Å². The monoisotopic (exact) mass is 630 g/mol. The van der Waals surface area contributed by atoms with E-state index in [1.807, 2.05) is 6.92 Å². The van der Waals surface area contributed by atoms with Crippen LogP contribution in [-0.2, 0) is 16.4 Å². The number of halogens is 3.